The summed E-state index contributed by atoms with van der Waals surface area (Å²) >= 11 is 7.92. The third-order valence-electron chi connectivity index (χ3n) is 3.17. The van der Waals surface area contributed by atoms with E-state index in [0.717, 1.165) is 12.2 Å². The average Bonchev–Trinajstić information content (AvgIpc) is 2.74. The summed E-state index contributed by atoms with van der Waals surface area (Å²) in [5, 5.41) is 12.5. The van der Waals surface area contributed by atoms with Crippen molar-refractivity contribution in [1.29, 1.82) is 0 Å². The van der Waals surface area contributed by atoms with Gasteiger partial charge in [0.05, 0.1) is 10.6 Å². The summed E-state index contributed by atoms with van der Waals surface area (Å²) in [7, 11) is 0. The van der Waals surface area contributed by atoms with Crippen molar-refractivity contribution >= 4 is 35.0 Å². The molecule has 1 heterocycles. The van der Waals surface area contributed by atoms with Crippen molar-refractivity contribution in [2.24, 2.45) is 0 Å². The molecule has 1 saturated heterocycles. The zero-order chi connectivity index (χ0) is 13.2. The lowest BCUT2D eigenvalue weighted by molar-refractivity contribution is 0.0697. The van der Waals surface area contributed by atoms with Gasteiger partial charge in [-0.05, 0) is 43.7 Å². The zero-order valence-corrected chi connectivity index (χ0v) is 11.8. The van der Waals surface area contributed by atoms with E-state index in [4.69, 9.17) is 16.7 Å². The van der Waals surface area contributed by atoms with Crippen molar-refractivity contribution in [3.8, 4) is 0 Å². The molecule has 0 aromatic heterocycles. The molecule has 1 aromatic rings. The molecule has 98 valence electrons. The van der Waals surface area contributed by atoms with Crippen molar-refractivity contribution in [2.75, 3.05) is 17.6 Å². The number of aromatic carboxylic acids is 1. The molecular formula is C13H16ClNO2S. The molecule has 1 aromatic carbocycles. The first-order chi connectivity index (χ1) is 8.50. The Balaban J connectivity index is 2.02. The molecular weight excluding hydrogens is 270 g/mol. The fourth-order valence-corrected chi connectivity index (χ4v) is 3.57. The van der Waals surface area contributed by atoms with Gasteiger partial charge in [0, 0.05) is 17.0 Å². The Bertz CT molecular complexity index is 458. The number of benzene rings is 1. The summed E-state index contributed by atoms with van der Waals surface area (Å²) in [6.07, 6.45) is 2.48. The summed E-state index contributed by atoms with van der Waals surface area (Å²) in [4.78, 5) is 10.8. The Morgan fingerprint density at radius 3 is 2.94 bits per heavy atom. The van der Waals surface area contributed by atoms with Crippen LogP contribution in [0.15, 0.2) is 18.2 Å². The van der Waals surface area contributed by atoms with Crippen molar-refractivity contribution in [3.63, 3.8) is 0 Å². The highest BCUT2D eigenvalue weighted by Gasteiger charge is 2.29. The van der Waals surface area contributed by atoms with Gasteiger partial charge in [0.25, 0.3) is 0 Å². The molecule has 0 saturated carbocycles. The number of rotatable bonds is 4. The largest absolute Gasteiger partial charge is 0.478 e. The third kappa shape index (κ3) is 3.12. The normalized spacial score (nSPS) is 23.0. The molecule has 0 bridgehead atoms. The van der Waals surface area contributed by atoms with Gasteiger partial charge in [-0.25, -0.2) is 4.79 Å². The van der Waals surface area contributed by atoms with E-state index in [1.54, 1.807) is 12.1 Å². The molecule has 2 rings (SSSR count). The van der Waals surface area contributed by atoms with Crippen LogP contribution in [0.5, 0.6) is 0 Å². The minimum atomic E-state index is -0.995. The van der Waals surface area contributed by atoms with Crippen LogP contribution in [0.1, 0.15) is 30.1 Å². The second kappa shape index (κ2) is 5.41. The predicted molar refractivity (Wildman–Crippen MR) is 77.0 cm³/mol. The Morgan fingerprint density at radius 2 is 2.39 bits per heavy atom. The van der Waals surface area contributed by atoms with E-state index >= 15 is 0 Å². The number of nitrogens with one attached hydrogen (secondary N) is 1. The summed E-state index contributed by atoms with van der Waals surface area (Å²) in [6.45, 7) is 3.13. The lowest BCUT2D eigenvalue weighted by atomic mass is 10.1. The van der Waals surface area contributed by atoms with Gasteiger partial charge in [-0.2, -0.15) is 11.8 Å². The first kappa shape index (κ1) is 13.6. The maximum Gasteiger partial charge on any atom is 0.337 e. The molecule has 5 heteroatoms. The van der Waals surface area contributed by atoms with E-state index in [1.165, 1.54) is 24.7 Å². The van der Waals surface area contributed by atoms with E-state index in [9.17, 15) is 4.79 Å². The summed E-state index contributed by atoms with van der Waals surface area (Å²) < 4.78 is 0.276. The van der Waals surface area contributed by atoms with Crippen molar-refractivity contribution in [3.05, 3.63) is 28.8 Å². The fourth-order valence-electron chi connectivity index (χ4n) is 2.06. The van der Waals surface area contributed by atoms with Crippen LogP contribution < -0.4 is 5.32 Å². The van der Waals surface area contributed by atoms with Crippen molar-refractivity contribution < 1.29 is 9.90 Å². The second-order valence-corrected chi connectivity index (χ2v) is 6.84. The molecule has 3 nitrogen and oxygen atoms in total. The third-order valence-corrected chi connectivity index (χ3v) is 5.02. The fraction of sp³-hybridized carbons (Fsp3) is 0.462. The van der Waals surface area contributed by atoms with Crippen LogP contribution in [0, 0.1) is 0 Å². The molecule has 2 N–H and O–H groups in total. The molecule has 0 spiro atoms. The number of hydrogen-bond acceptors (Lipinski definition) is 3. The first-order valence-corrected chi connectivity index (χ1v) is 7.27. The quantitative estimate of drug-likeness (QED) is 0.885. The molecule has 1 fully saturated rings. The van der Waals surface area contributed by atoms with E-state index in [1.807, 2.05) is 11.8 Å². The van der Waals surface area contributed by atoms with Crippen LogP contribution in [0.2, 0.25) is 5.02 Å². The zero-order valence-electron chi connectivity index (χ0n) is 10.2. The highest BCUT2D eigenvalue weighted by molar-refractivity contribution is 8.00. The van der Waals surface area contributed by atoms with Crippen molar-refractivity contribution in [1.82, 2.24) is 0 Å². The minimum Gasteiger partial charge on any atom is -0.478 e. The first-order valence-electron chi connectivity index (χ1n) is 5.91. The van der Waals surface area contributed by atoms with Gasteiger partial charge in [-0.1, -0.05) is 11.6 Å². The van der Waals surface area contributed by atoms with Crippen LogP contribution in [0.3, 0.4) is 0 Å². The number of carboxylic acid groups (broad SMARTS) is 1. The monoisotopic (exact) mass is 285 g/mol. The van der Waals surface area contributed by atoms with E-state index in [-0.39, 0.29) is 15.3 Å². The SMILES string of the molecule is CC1(CNc2ccc(C(=O)O)c(Cl)c2)CCCS1. The lowest BCUT2D eigenvalue weighted by Gasteiger charge is -2.23. The number of anilines is 1. The highest BCUT2D eigenvalue weighted by atomic mass is 35.5. The van der Waals surface area contributed by atoms with Crippen molar-refractivity contribution in [2.45, 2.75) is 24.5 Å². The van der Waals surface area contributed by atoms with Crippen LogP contribution >= 0.6 is 23.4 Å². The Morgan fingerprint density at radius 1 is 1.61 bits per heavy atom. The molecule has 0 radical (unpaired) electrons. The average molecular weight is 286 g/mol. The topological polar surface area (TPSA) is 49.3 Å². The summed E-state index contributed by atoms with van der Waals surface area (Å²) in [5.41, 5.74) is 1.02. The van der Waals surface area contributed by atoms with E-state index in [2.05, 4.69) is 12.2 Å². The Hall–Kier alpha value is -0.870. The number of hydrogen-bond donors (Lipinski definition) is 2. The minimum absolute atomic E-state index is 0.142. The summed E-state index contributed by atoms with van der Waals surface area (Å²) in [5.74, 6) is 0.224. The van der Waals surface area contributed by atoms with Crippen LogP contribution in [0.4, 0.5) is 5.69 Å². The standard InChI is InChI=1S/C13H16ClNO2S/c1-13(5-2-6-18-13)8-15-9-3-4-10(12(16)17)11(14)7-9/h3-4,7,15H,2,5-6,8H2,1H3,(H,16,17). The number of halogens is 1. The van der Waals surface area contributed by atoms with Gasteiger partial charge in [0.2, 0.25) is 0 Å². The smallest absolute Gasteiger partial charge is 0.337 e. The van der Waals surface area contributed by atoms with Gasteiger partial charge >= 0.3 is 5.97 Å². The molecule has 1 atom stereocenters. The molecule has 1 aliphatic rings. The van der Waals surface area contributed by atoms with Crippen LogP contribution in [-0.2, 0) is 0 Å². The molecule has 1 aliphatic heterocycles. The molecule has 0 amide bonds. The lowest BCUT2D eigenvalue weighted by Crippen LogP contribution is -2.27. The second-order valence-electron chi connectivity index (χ2n) is 4.76. The number of thioether (sulfide) groups is 1. The van der Waals surface area contributed by atoms with Gasteiger partial charge in [-0.3, -0.25) is 0 Å². The van der Waals surface area contributed by atoms with Crippen LogP contribution in [0.25, 0.3) is 0 Å². The number of carbonyl (C=O) groups is 1. The number of carboxylic acids is 1. The Labute approximate surface area is 116 Å². The van der Waals surface area contributed by atoms with Gasteiger partial charge in [-0.15, -0.1) is 0 Å². The molecule has 18 heavy (non-hydrogen) atoms. The Kier molecular flexibility index (Phi) is 4.07. The maximum atomic E-state index is 10.8. The van der Waals surface area contributed by atoms with Gasteiger partial charge in [0.15, 0.2) is 0 Å². The summed E-state index contributed by atoms with van der Waals surface area (Å²) in [6, 6.07) is 4.98. The highest BCUT2D eigenvalue weighted by Crippen LogP contribution is 2.37. The molecule has 0 aliphatic carbocycles. The van der Waals surface area contributed by atoms with E-state index in [0.29, 0.717) is 0 Å². The maximum absolute atomic E-state index is 10.8. The van der Waals surface area contributed by atoms with Gasteiger partial charge in [0.1, 0.15) is 0 Å². The van der Waals surface area contributed by atoms with Crippen LogP contribution in [-0.4, -0.2) is 28.1 Å². The predicted octanol–water partition coefficient (Wildman–Crippen LogP) is 3.74. The van der Waals surface area contributed by atoms with E-state index < -0.39 is 5.97 Å². The molecule has 1 unspecified atom stereocenters. The van der Waals surface area contributed by atoms with Gasteiger partial charge < -0.3 is 10.4 Å².